The van der Waals surface area contributed by atoms with Gasteiger partial charge in [-0.15, -0.1) is 0 Å². The standard InChI is InChI=1S/C19H26N6O2/c1-3-25-12-21-10-17(25)11-23-18(26)14-6-15(8-20-7-14)19(27)24-16-5-4-13(2)22-9-16/h4-5,9-10,12,14-15,20H,3,6-8,11H2,1-2H3,(H,23,26)(H,24,27)/t14-,15+/m1/s1. The maximum atomic E-state index is 12.5. The third kappa shape index (κ3) is 4.91. The minimum Gasteiger partial charge on any atom is -0.350 e. The Morgan fingerprint density at radius 3 is 2.70 bits per heavy atom. The molecule has 0 spiro atoms. The Morgan fingerprint density at radius 2 is 2.00 bits per heavy atom. The van der Waals surface area contributed by atoms with Crippen LogP contribution in [0.25, 0.3) is 0 Å². The predicted molar refractivity (Wildman–Crippen MR) is 102 cm³/mol. The fourth-order valence-corrected chi connectivity index (χ4v) is 3.23. The SMILES string of the molecule is CCn1cncc1CNC(=O)[C@H]1CNC[C@@H](C(=O)Nc2ccc(C)nc2)C1. The second kappa shape index (κ2) is 8.77. The molecule has 1 aliphatic rings. The van der Waals surface area contributed by atoms with Gasteiger partial charge in [-0.1, -0.05) is 0 Å². The second-order valence-corrected chi connectivity index (χ2v) is 6.85. The molecule has 1 saturated heterocycles. The van der Waals surface area contributed by atoms with Crippen molar-refractivity contribution in [2.24, 2.45) is 11.8 Å². The summed E-state index contributed by atoms with van der Waals surface area (Å²) >= 11 is 0. The number of hydrogen-bond acceptors (Lipinski definition) is 5. The van der Waals surface area contributed by atoms with Crippen molar-refractivity contribution < 1.29 is 9.59 Å². The highest BCUT2D eigenvalue weighted by Crippen LogP contribution is 2.19. The van der Waals surface area contributed by atoms with Gasteiger partial charge >= 0.3 is 0 Å². The van der Waals surface area contributed by atoms with Crippen molar-refractivity contribution in [2.75, 3.05) is 18.4 Å². The highest BCUT2D eigenvalue weighted by Gasteiger charge is 2.31. The van der Waals surface area contributed by atoms with E-state index in [2.05, 4.69) is 25.9 Å². The van der Waals surface area contributed by atoms with Gasteiger partial charge in [-0.05, 0) is 32.4 Å². The van der Waals surface area contributed by atoms with Crippen molar-refractivity contribution in [3.05, 3.63) is 42.2 Å². The van der Waals surface area contributed by atoms with Crippen LogP contribution in [0.2, 0.25) is 0 Å². The quantitative estimate of drug-likeness (QED) is 0.707. The van der Waals surface area contributed by atoms with Crippen molar-refractivity contribution in [3.8, 4) is 0 Å². The lowest BCUT2D eigenvalue weighted by Crippen LogP contribution is -2.47. The summed E-state index contributed by atoms with van der Waals surface area (Å²) in [6.07, 6.45) is 5.68. The molecule has 27 heavy (non-hydrogen) atoms. The number of anilines is 1. The number of imidazole rings is 1. The van der Waals surface area contributed by atoms with E-state index in [1.54, 1.807) is 18.7 Å². The average Bonchev–Trinajstić information content (AvgIpc) is 3.15. The maximum Gasteiger partial charge on any atom is 0.228 e. The topological polar surface area (TPSA) is 101 Å². The van der Waals surface area contributed by atoms with Gasteiger partial charge in [0.2, 0.25) is 11.8 Å². The Morgan fingerprint density at radius 1 is 1.22 bits per heavy atom. The third-order valence-electron chi connectivity index (χ3n) is 4.85. The number of hydrogen-bond donors (Lipinski definition) is 3. The van der Waals surface area contributed by atoms with Crippen LogP contribution >= 0.6 is 0 Å². The summed E-state index contributed by atoms with van der Waals surface area (Å²) in [5.41, 5.74) is 2.54. The van der Waals surface area contributed by atoms with Gasteiger partial charge < -0.3 is 20.5 Å². The van der Waals surface area contributed by atoms with Crippen LogP contribution in [0.5, 0.6) is 0 Å². The van der Waals surface area contributed by atoms with Gasteiger partial charge in [0.1, 0.15) is 0 Å². The minimum absolute atomic E-state index is 0.0409. The Bertz CT molecular complexity index is 786. The fraction of sp³-hybridized carbons (Fsp3) is 0.474. The van der Waals surface area contributed by atoms with Gasteiger partial charge in [-0.25, -0.2) is 4.98 Å². The third-order valence-corrected chi connectivity index (χ3v) is 4.85. The zero-order valence-electron chi connectivity index (χ0n) is 15.7. The van der Waals surface area contributed by atoms with Gasteiger partial charge in [0.15, 0.2) is 0 Å². The first-order valence-electron chi connectivity index (χ1n) is 9.27. The highest BCUT2D eigenvalue weighted by molar-refractivity contribution is 5.93. The molecular formula is C19H26N6O2. The number of pyridine rings is 1. The molecule has 0 unspecified atom stereocenters. The van der Waals surface area contributed by atoms with Crippen molar-refractivity contribution >= 4 is 17.5 Å². The molecule has 1 aliphatic heterocycles. The van der Waals surface area contributed by atoms with Gasteiger partial charge in [0, 0.05) is 31.5 Å². The molecule has 8 nitrogen and oxygen atoms in total. The lowest BCUT2D eigenvalue weighted by molar-refractivity contribution is -0.127. The number of carbonyl (C=O) groups excluding carboxylic acids is 2. The molecule has 3 rings (SSSR count). The van der Waals surface area contributed by atoms with Crippen LogP contribution in [-0.4, -0.2) is 39.4 Å². The molecule has 8 heteroatoms. The Balaban J connectivity index is 1.52. The summed E-state index contributed by atoms with van der Waals surface area (Å²) in [7, 11) is 0. The summed E-state index contributed by atoms with van der Waals surface area (Å²) in [5, 5.41) is 9.05. The summed E-state index contributed by atoms with van der Waals surface area (Å²) in [6, 6.07) is 3.68. The molecule has 0 bridgehead atoms. The molecule has 2 atom stereocenters. The van der Waals surface area contributed by atoms with Crippen molar-refractivity contribution in [3.63, 3.8) is 0 Å². The first-order valence-corrected chi connectivity index (χ1v) is 9.27. The van der Waals surface area contributed by atoms with Crippen LogP contribution in [0.1, 0.15) is 24.7 Å². The molecule has 3 heterocycles. The number of rotatable bonds is 6. The van der Waals surface area contributed by atoms with Crippen LogP contribution in [0.4, 0.5) is 5.69 Å². The molecule has 2 amide bonds. The maximum absolute atomic E-state index is 12.5. The number of amides is 2. The van der Waals surface area contributed by atoms with E-state index in [0.29, 0.717) is 31.7 Å². The number of piperidine rings is 1. The minimum atomic E-state index is -0.253. The van der Waals surface area contributed by atoms with Crippen LogP contribution in [-0.2, 0) is 22.7 Å². The van der Waals surface area contributed by atoms with Crippen LogP contribution in [0.3, 0.4) is 0 Å². The lowest BCUT2D eigenvalue weighted by Gasteiger charge is -2.28. The van der Waals surface area contributed by atoms with E-state index in [4.69, 9.17) is 0 Å². The lowest BCUT2D eigenvalue weighted by atomic mass is 9.89. The molecule has 0 aliphatic carbocycles. The van der Waals surface area contributed by atoms with E-state index in [0.717, 1.165) is 17.9 Å². The van der Waals surface area contributed by atoms with E-state index in [9.17, 15) is 9.59 Å². The molecule has 1 fully saturated rings. The highest BCUT2D eigenvalue weighted by atomic mass is 16.2. The number of nitrogens with zero attached hydrogens (tertiary/aromatic N) is 3. The van der Waals surface area contributed by atoms with Gasteiger partial charge in [-0.2, -0.15) is 0 Å². The van der Waals surface area contributed by atoms with Crippen molar-refractivity contribution in [2.45, 2.75) is 33.4 Å². The first-order chi connectivity index (χ1) is 13.1. The molecule has 0 aromatic carbocycles. The van der Waals surface area contributed by atoms with E-state index < -0.39 is 0 Å². The molecule has 0 radical (unpaired) electrons. The monoisotopic (exact) mass is 370 g/mol. The Hall–Kier alpha value is -2.74. The normalized spacial score (nSPS) is 19.5. The van der Waals surface area contributed by atoms with E-state index in [1.165, 1.54) is 0 Å². The zero-order valence-corrected chi connectivity index (χ0v) is 15.7. The summed E-state index contributed by atoms with van der Waals surface area (Å²) in [4.78, 5) is 33.3. The van der Waals surface area contributed by atoms with Crippen LogP contribution in [0.15, 0.2) is 30.9 Å². The van der Waals surface area contributed by atoms with E-state index in [-0.39, 0.29) is 23.7 Å². The summed E-state index contributed by atoms with van der Waals surface area (Å²) < 4.78 is 1.99. The summed E-state index contributed by atoms with van der Waals surface area (Å²) in [5.74, 6) is -0.615. The van der Waals surface area contributed by atoms with E-state index >= 15 is 0 Å². The molecule has 0 saturated carbocycles. The number of carbonyl (C=O) groups is 2. The molecule has 3 N–H and O–H groups in total. The second-order valence-electron chi connectivity index (χ2n) is 6.85. The summed E-state index contributed by atoms with van der Waals surface area (Å²) in [6.45, 7) is 6.33. The molecular weight excluding hydrogens is 344 g/mol. The van der Waals surface area contributed by atoms with Crippen LogP contribution < -0.4 is 16.0 Å². The van der Waals surface area contributed by atoms with Gasteiger partial charge in [-0.3, -0.25) is 14.6 Å². The largest absolute Gasteiger partial charge is 0.350 e. The van der Waals surface area contributed by atoms with E-state index in [1.807, 2.05) is 30.5 Å². The molecule has 2 aromatic rings. The van der Waals surface area contributed by atoms with Gasteiger partial charge in [0.25, 0.3) is 0 Å². The number of nitrogens with one attached hydrogen (secondary N) is 3. The predicted octanol–water partition coefficient (Wildman–Crippen LogP) is 1.09. The van der Waals surface area contributed by atoms with Crippen LogP contribution in [0, 0.1) is 18.8 Å². The molecule has 144 valence electrons. The Kier molecular flexibility index (Phi) is 6.18. The fourth-order valence-electron chi connectivity index (χ4n) is 3.23. The first kappa shape index (κ1) is 19.0. The van der Waals surface area contributed by atoms with Crippen molar-refractivity contribution in [1.82, 2.24) is 25.2 Å². The number of aryl methyl sites for hydroxylation is 2. The smallest absolute Gasteiger partial charge is 0.228 e. The zero-order chi connectivity index (χ0) is 19.2. The molecule has 2 aromatic heterocycles. The van der Waals surface area contributed by atoms with Gasteiger partial charge in [0.05, 0.1) is 42.3 Å². The Labute approximate surface area is 158 Å². The average molecular weight is 370 g/mol. The number of aromatic nitrogens is 3. The van der Waals surface area contributed by atoms with Crippen molar-refractivity contribution in [1.29, 1.82) is 0 Å².